The minimum Gasteiger partial charge on any atom is -0.497 e. The molecule has 0 aromatic carbocycles. The third-order valence-electron chi connectivity index (χ3n) is 2.23. The van der Waals surface area contributed by atoms with Crippen LogP contribution in [-0.2, 0) is 4.74 Å². The summed E-state index contributed by atoms with van der Waals surface area (Å²) in [6, 6.07) is 0. The average molecular weight is 201 g/mol. The van der Waals surface area contributed by atoms with Crippen molar-refractivity contribution in [3.8, 4) is 0 Å². The van der Waals surface area contributed by atoms with Crippen molar-refractivity contribution in [3.05, 3.63) is 12.3 Å². The summed E-state index contributed by atoms with van der Waals surface area (Å²) in [5, 5.41) is 4.12. The molecule has 0 saturated heterocycles. The van der Waals surface area contributed by atoms with Crippen LogP contribution in [-0.4, -0.2) is 30.7 Å². The largest absolute Gasteiger partial charge is 0.497 e. The van der Waals surface area contributed by atoms with Crippen LogP contribution in [0.4, 0.5) is 0 Å². The van der Waals surface area contributed by atoms with Crippen LogP contribution in [0, 0.1) is 0 Å². The van der Waals surface area contributed by atoms with Gasteiger partial charge in [0.05, 0.1) is 6.26 Å². The van der Waals surface area contributed by atoms with Crippen molar-refractivity contribution in [1.82, 2.24) is 5.32 Å². The first-order chi connectivity index (χ1) is 6.33. The van der Waals surface area contributed by atoms with E-state index >= 15 is 0 Å². The molecule has 0 bridgehead atoms. The van der Waals surface area contributed by atoms with E-state index in [9.17, 15) is 0 Å². The molecule has 1 rings (SSSR count). The smallest absolute Gasteiger partial charge is 0.110 e. The van der Waals surface area contributed by atoms with E-state index in [2.05, 4.69) is 24.6 Å². The lowest BCUT2D eigenvalue weighted by Crippen LogP contribution is -2.32. The average Bonchev–Trinajstić information content (AvgIpc) is 2.19. The highest BCUT2D eigenvalue weighted by Crippen LogP contribution is 2.09. The summed E-state index contributed by atoms with van der Waals surface area (Å²) >= 11 is 1.89. The van der Waals surface area contributed by atoms with Gasteiger partial charge in [-0.2, -0.15) is 11.8 Å². The zero-order valence-electron chi connectivity index (χ0n) is 8.45. The van der Waals surface area contributed by atoms with Gasteiger partial charge in [-0.25, -0.2) is 0 Å². The van der Waals surface area contributed by atoms with Gasteiger partial charge in [0, 0.05) is 18.3 Å². The van der Waals surface area contributed by atoms with Crippen molar-refractivity contribution in [3.63, 3.8) is 0 Å². The molecule has 1 aliphatic heterocycles. The predicted octanol–water partition coefficient (Wildman–Crippen LogP) is 2.02. The zero-order chi connectivity index (χ0) is 9.52. The van der Waals surface area contributed by atoms with Crippen LogP contribution in [0.3, 0.4) is 0 Å². The molecule has 1 aliphatic rings. The fraction of sp³-hybridized carbons (Fsp3) is 0.800. The molecule has 76 valence electrons. The SMILES string of the molecule is CSC(C)CNCC1CCC=CO1. The van der Waals surface area contributed by atoms with Crippen molar-refractivity contribution in [2.24, 2.45) is 0 Å². The normalized spacial score (nSPS) is 24.0. The molecule has 2 atom stereocenters. The van der Waals surface area contributed by atoms with Crippen LogP contribution in [0.25, 0.3) is 0 Å². The molecular weight excluding hydrogens is 182 g/mol. The quantitative estimate of drug-likeness (QED) is 0.735. The molecular formula is C10H19NOS. The second kappa shape index (κ2) is 6.33. The van der Waals surface area contributed by atoms with Gasteiger partial charge >= 0.3 is 0 Å². The van der Waals surface area contributed by atoms with Gasteiger partial charge in [0.25, 0.3) is 0 Å². The second-order valence-electron chi connectivity index (χ2n) is 3.41. The standard InChI is InChI=1S/C10H19NOS/c1-9(13-2)7-11-8-10-5-3-4-6-12-10/h4,6,9-11H,3,5,7-8H2,1-2H3. The van der Waals surface area contributed by atoms with Crippen LogP contribution < -0.4 is 5.32 Å². The summed E-state index contributed by atoms with van der Waals surface area (Å²) in [6.07, 6.45) is 8.75. The maximum absolute atomic E-state index is 5.44. The Kier molecular flexibility index (Phi) is 5.32. The van der Waals surface area contributed by atoms with Gasteiger partial charge in [0.1, 0.15) is 6.10 Å². The molecule has 0 saturated carbocycles. The Bertz CT molecular complexity index is 161. The zero-order valence-corrected chi connectivity index (χ0v) is 9.27. The predicted molar refractivity (Wildman–Crippen MR) is 59.1 cm³/mol. The topological polar surface area (TPSA) is 21.3 Å². The Labute approximate surface area is 85.1 Å². The Hall–Kier alpha value is -0.150. The first kappa shape index (κ1) is 10.9. The molecule has 0 aromatic rings. The van der Waals surface area contributed by atoms with E-state index in [1.165, 1.54) is 0 Å². The lowest BCUT2D eigenvalue weighted by Gasteiger charge is -2.20. The molecule has 0 radical (unpaired) electrons. The molecule has 0 amide bonds. The summed E-state index contributed by atoms with van der Waals surface area (Å²) in [7, 11) is 0. The van der Waals surface area contributed by atoms with Crippen LogP contribution in [0.1, 0.15) is 19.8 Å². The summed E-state index contributed by atoms with van der Waals surface area (Å²) in [6.45, 7) is 4.29. The molecule has 2 nitrogen and oxygen atoms in total. The second-order valence-corrected chi connectivity index (χ2v) is 4.69. The summed E-state index contributed by atoms with van der Waals surface area (Å²) in [5.41, 5.74) is 0. The molecule has 0 aliphatic carbocycles. The lowest BCUT2D eigenvalue weighted by atomic mass is 10.1. The first-order valence-electron chi connectivity index (χ1n) is 4.87. The van der Waals surface area contributed by atoms with Crippen molar-refractivity contribution in [2.75, 3.05) is 19.3 Å². The Balaban J connectivity index is 2.02. The summed E-state index contributed by atoms with van der Waals surface area (Å²) in [4.78, 5) is 0. The van der Waals surface area contributed by atoms with E-state index in [1.54, 1.807) is 0 Å². The van der Waals surface area contributed by atoms with Crippen LogP contribution in [0.2, 0.25) is 0 Å². The molecule has 0 spiro atoms. The summed E-state index contributed by atoms with van der Waals surface area (Å²) in [5.74, 6) is 0. The minimum atomic E-state index is 0.388. The highest BCUT2D eigenvalue weighted by Gasteiger charge is 2.10. The maximum Gasteiger partial charge on any atom is 0.110 e. The van der Waals surface area contributed by atoms with E-state index in [4.69, 9.17) is 4.74 Å². The van der Waals surface area contributed by atoms with E-state index < -0.39 is 0 Å². The number of nitrogens with one attached hydrogen (secondary N) is 1. The fourth-order valence-corrected chi connectivity index (χ4v) is 1.55. The van der Waals surface area contributed by atoms with Crippen molar-refractivity contribution in [1.29, 1.82) is 0 Å². The number of ether oxygens (including phenoxy) is 1. The van der Waals surface area contributed by atoms with Crippen LogP contribution in [0.5, 0.6) is 0 Å². The summed E-state index contributed by atoms with van der Waals surface area (Å²) < 4.78 is 5.44. The molecule has 2 unspecified atom stereocenters. The van der Waals surface area contributed by atoms with E-state index in [-0.39, 0.29) is 0 Å². The number of hydrogen-bond donors (Lipinski definition) is 1. The van der Waals surface area contributed by atoms with Crippen molar-refractivity contribution >= 4 is 11.8 Å². The Morgan fingerprint density at radius 2 is 2.54 bits per heavy atom. The third kappa shape index (κ3) is 4.58. The highest BCUT2D eigenvalue weighted by atomic mass is 32.2. The van der Waals surface area contributed by atoms with Crippen LogP contribution in [0.15, 0.2) is 12.3 Å². The van der Waals surface area contributed by atoms with Gasteiger partial charge in [-0.3, -0.25) is 0 Å². The first-order valence-corrected chi connectivity index (χ1v) is 6.15. The molecule has 3 heteroatoms. The monoisotopic (exact) mass is 201 g/mol. The van der Waals surface area contributed by atoms with Gasteiger partial charge in [-0.1, -0.05) is 6.92 Å². The maximum atomic E-state index is 5.44. The van der Waals surface area contributed by atoms with E-state index in [0.29, 0.717) is 11.4 Å². The highest BCUT2D eigenvalue weighted by molar-refractivity contribution is 7.99. The molecule has 1 heterocycles. The molecule has 1 N–H and O–H groups in total. The third-order valence-corrected chi connectivity index (χ3v) is 3.20. The number of thioether (sulfide) groups is 1. The minimum absolute atomic E-state index is 0.388. The number of hydrogen-bond acceptors (Lipinski definition) is 3. The van der Waals surface area contributed by atoms with Gasteiger partial charge in [-0.05, 0) is 25.2 Å². The van der Waals surface area contributed by atoms with E-state index in [1.807, 2.05) is 18.0 Å². The number of rotatable bonds is 5. The van der Waals surface area contributed by atoms with Crippen LogP contribution >= 0.6 is 11.8 Å². The van der Waals surface area contributed by atoms with Gasteiger partial charge in [0.15, 0.2) is 0 Å². The molecule has 0 aromatic heterocycles. The van der Waals surface area contributed by atoms with Gasteiger partial charge in [-0.15, -0.1) is 0 Å². The Morgan fingerprint density at radius 1 is 1.69 bits per heavy atom. The fourth-order valence-electron chi connectivity index (χ4n) is 1.27. The van der Waals surface area contributed by atoms with Crippen molar-refractivity contribution < 1.29 is 4.74 Å². The number of allylic oxidation sites excluding steroid dienone is 1. The van der Waals surface area contributed by atoms with E-state index in [0.717, 1.165) is 25.9 Å². The lowest BCUT2D eigenvalue weighted by molar-refractivity contribution is 0.123. The molecule has 13 heavy (non-hydrogen) atoms. The van der Waals surface area contributed by atoms with Gasteiger partial charge in [0.2, 0.25) is 0 Å². The molecule has 0 fully saturated rings. The van der Waals surface area contributed by atoms with Crippen molar-refractivity contribution in [2.45, 2.75) is 31.1 Å². The van der Waals surface area contributed by atoms with Gasteiger partial charge < -0.3 is 10.1 Å². The Morgan fingerprint density at radius 3 is 3.15 bits per heavy atom.